The van der Waals surface area contributed by atoms with Crippen LogP contribution in [0.1, 0.15) is 10.4 Å². The van der Waals surface area contributed by atoms with Crippen molar-refractivity contribution in [1.29, 1.82) is 0 Å². The molecule has 3 nitrogen and oxygen atoms in total. The first-order chi connectivity index (χ1) is 6.24. The van der Waals surface area contributed by atoms with Crippen LogP contribution in [0.3, 0.4) is 0 Å². The fourth-order valence-electron chi connectivity index (χ4n) is 1.48. The highest BCUT2D eigenvalue weighted by molar-refractivity contribution is 5.94. The van der Waals surface area contributed by atoms with E-state index in [1.807, 2.05) is 25.4 Å². The van der Waals surface area contributed by atoms with Gasteiger partial charge in [-0.2, -0.15) is 0 Å². The molecule has 0 amide bonds. The zero-order valence-corrected chi connectivity index (χ0v) is 7.19. The van der Waals surface area contributed by atoms with Crippen LogP contribution >= 0.6 is 0 Å². The van der Waals surface area contributed by atoms with E-state index in [1.54, 1.807) is 10.6 Å². The SMILES string of the molecule is Cn1ccc2ccc(C=O)c(O)c21. The first-order valence-electron chi connectivity index (χ1n) is 3.96. The van der Waals surface area contributed by atoms with Crippen LogP contribution in [0.25, 0.3) is 10.9 Å². The number of aromatic hydroxyl groups is 1. The molecule has 0 unspecified atom stereocenters. The van der Waals surface area contributed by atoms with E-state index in [9.17, 15) is 9.90 Å². The number of rotatable bonds is 1. The molecule has 0 aliphatic heterocycles. The zero-order chi connectivity index (χ0) is 9.42. The molecule has 3 heteroatoms. The van der Waals surface area contributed by atoms with Crippen molar-refractivity contribution < 1.29 is 9.90 Å². The monoisotopic (exact) mass is 175 g/mol. The Morgan fingerprint density at radius 1 is 1.38 bits per heavy atom. The Labute approximate surface area is 75.2 Å². The molecule has 0 aliphatic rings. The summed E-state index contributed by atoms with van der Waals surface area (Å²) in [5, 5.41) is 10.6. The topological polar surface area (TPSA) is 42.2 Å². The Kier molecular flexibility index (Phi) is 1.59. The second-order valence-electron chi connectivity index (χ2n) is 2.99. The standard InChI is InChI=1S/C10H9NO2/c1-11-5-4-7-2-3-8(6-12)10(13)9(7)11/h2-6,13H,1H3. The summed E-state index contributed by atoms with van der Waals surface area (Å²) in [5.74, 6) is 0.0556. The Bertz CT molecular complexity index is 471. The third kappa shape index (κ3) is 1.01. The highest BCUT2D eigenvalue weighted by atomic mass is 16.3. The van der Waals surface area contributed by atoms with E-state index in [0.29, 0.717) is 17.4 Å². The van der Waals surface area contributed by atoms with Crippen molar-refractivity contribution in [2.75, 3.05) is 0 Å². The van der Waals surface area contributed by atoms with Gasteiger partial charge in [-0.3, -0.25) is 4.79 Å². The van der Waals surface area contributed by atoms with Crippen LogP contribution in [0.2, 0.25) is 0 Å². The molecule has 0 saturated carbocycles. The highest BCUT2D eigenvalue weighted by Gasteiger charge is 2.07. The summed E-state index contributed by atoms with van der Waals surface area (Å²) in [6, 6.07) is 5.33. The van der Waals surface area contributed by atoms with E-state index in [4.69, 9.17) is 0 Å². The number of carbonyl (C=O) groups is 1. The molecule has 0 bridgehead atoms. The van der Waals surface area contributed by atoms with Crippen LogP contribution in [0.15, 0.2) is 24.4 Å². The Hall–Kier alpha value is -1.77. The summed E-state index contributed by atoms with van der Waals surface area (Å²) in [6.07, 6.45) is 2.50. The summed E-state index contributed by atoms with van der Waals surface area (Å²) in [7, 11) is 1.83. The molecule has 1 heterocycles. The number of hydrogen-bond acceptors (Lipinski definition) is 2. The van der Waals surface area contributed by atoms with Gasteiger partial charge in [-0.25, -0.2) is 0 Å². The smallest absolute Gasteiger partial charge is 0.153 e. The third-order valence-electron chi connectivity index (χ3n) is 2.17. The largest absolute Gasteiger partial charge is 0.505 e. The van der Waals surface area contributed by atoms with Gasteiger partial charge in [0.1, 0.15) is 5.75 Å². The first kappa shape index (κ1) is 7.86. The molecular weight excluding hydrogens is 166 g/mol. The Morgan fingerprint density at radius 3 is 2.85 bits per heavy atom. The molecule has 0 aliphatic carbocycles. The van der Waals surface area contributed by atoms with Crippen molar-refractivity contribution in [3.63, 3.8) is 0 Å². The fourth-order valence-corrected chi connectivity index (χ4v) is 1.48. The molecule has 0 atom stereocenters. The number of aromatic nitrogens is 1. The quantitative estimate of drug-likeness (QED) is 0.670. The summed E-state index contributed by atoms with van der Waals surface area (Å²) < 4.78 is 1.79. The maximum absolute atomic E-state index is 10.5. The van der Waals surface area contributed by atoms with Crippen molar-refractivity contribution in [3.05, 3.63) is 30.0 Å². The summed E-state index contributed by atoms with van der Waals surface area (Å²) >= 11 is 0. The van der Waals surface area contributed by atoms with Crippen LogP contribution in [0, 0.1) is 0 Å². The minimum atomic E-state index is 0.0556. The second-order valence-corrected chi connectivity index (χ2v) is 2.99. The van der Waals surface area contributed by atoms with Crippen molar-refractivity contribution >= 4 is 17.2 Å². The molecule has 2 aromatic rings. The molecule has 1 N–H and O–H groups in total. The van der Waals surface area contributed by atoms with E-state index in [1.165, 1.54) is 0 Å². The number of hydrogen-bond donors (Lipinski definition) is 1. The zero-order valence-electron chi connectivity index (χ0n) is 7.19. The van der Waals surface area contributed by atoms with Gasteiger partial charge in [-0.1, -0.05) is 6.07 Å². The molecule has 1 aromatic carbocycles. The van der Waals surface area contributed by atoms with Crippen molar-refractivity contribution in [3.8, 4) is 5.75 Å². The molecule has 0 radical (unpaired) electrons. The number of nitrogens with zero attached hydrogens (tertiary/aromatic N) is 1. The van der Waals surface area contributed by atoms with Crippen molar-refractivity contribution in [2.45, 2.75) is 0 Å². The average Bonchev–Trinajstić information content (AvgIpc) is 2.49. The predicted molar refractivity (Wildman–Crippen MR) is 50.0 cm³/mol. The van der Waals surface area contributed by atoms with Gasteiger partial charge in [0.15, 0.2) is 6.29 Å². The number of aryl methyl sites for hydroxylation is 1. The van der Waals surface area contributed by atoms with Gasteiger partial charge in [0.25, 0.3) is 0 Å². The number of phenols is 1. The minimum absolute atomic E-state index is 0.0556. The molecule has 2 rings (SSSR count). The van der Waals surface area contributed by atoms with E-state index < -0.39 is 0 Å². The summed E-state index contributed by atoms with van der Waals surface area (Å²) in [5.41, 5.74) is 1.03. The third-order valence-corrected chi connectivity index (χ3v) is 2.17. The maximum atomic E-state index is 10.5. The van der Waals surface area contributed by atoms with Crippen molar-refractivity contribution in [1.82, 2.24) is 4.57 Å². The number of carbonyl (C=O) groups excluding carboxylic acids is 1. The number of phenolic OH excluding ortho intramolecular Hbond substituents is 1. The van der Waals surface area contributed by atoms with Crippen LogP contribution in [-0.2, 0) is 7.05 Å². The van der Waals surface area contributed by atoms with Gasteiger partial charge in [-0.15, -0.1) is 0 Å². The van der Waals surface area contributed by atoms with E-state index in [2.05, 4.69) is 0 Å². The van der Waals surface area contributed by atoms with Crippen LogP contribution in [0.4, 0.5) is 0 Å². The second kappa shape index (κ2) is 2.62. The lowest BCUT2D eigenvalue weighted by Gasteiger charge is -2.01. The lowest BCUT2D eigenvalue weighted by molar-refractivity contribution is 0.112. The van der Waals surface area contributed by atoms with Gasteiger partial charge >= 0.3 is 0 Å². The predicted octanol–water partition coefficient (Wildman–Crippen LogP) is 1.70. The Morgan fingerprint density at radius 2 is 2.15 bits per heavy atom. The number of benzene rings is 1. The molecular formula is C10H9NO2. The number of fused-ring (bicyclic) bond motifs is 1. The fraction of sp³-hybridized carbons (Fsp3) is 0.100. The van der Waals surface area contributed by atoms with Crippen molar-refractivity contribution in [2.24, 2.45) is 7.05 Å². The van der Waals surface area contributed by atoms with E-state index in [0.717, 1.165) is 5.39 Å². The summed E-state index contributed by atoms with van der Waals surface area (Å²) in [4.78, 5) is 10.5. The molecule has 13 heavy (non-hydrogen) atoms. The van der Waals surface area contributed by atoms with Crippen LogP contribution < -0.4 is 0 Å². The number of aldehydes is 1. The van der Waals surface area contributed by atoms with Crippen LogP contribution in [-0.4, -0.2) is 16.0 Å². The lowest BCUT2D eigenvalue weighted by Crippen LogP contribution is -1.88. The van der Waals surface area contributed by atoms with E-state index >= 15 is 0 Å². The molecule has 1 aromatic heterocycles. The van der Waals surface area contributed by atoms with E-state index in [-0.39, 0.29) is 5.75 Å². The van der Waals surface area contributed by atoms with Crippen LogP contribution in [0.5, 0.6) is 5.75 Å². The molecule has 0 spiro atoms. The van der Waals surface area contributed by atoms with Gasteiger partial charge in [-0.05, 0) is 12.1 Å². The summed E-state index contributed by atoms with van der Waals surface area (Å²) in [6.45, 7) is 0. The Balaban J connectivity index is 2.91. The normalized spacial score (nSPS) is 10.5. The van der Waals surface area contributed by atoms with Gasteiger partial charge in [0, 0.05) is 18.6 Å². The first-order valence-corrected chi connectivity index (χ1v) is 3.96. The lowest BCUT2D eigenvalue weighted by atomic mass is 10.1. The molecule has 66 valence electrons. The minimum Gasteiger partial charge on any atom is -0.505 e. The van der Waals surface area contributed by atoms with Gasteiger partial charge in [0.2, 0.25) is 0 Å². The maximum Gasteiger partial charge on any atom is 0.153 e. The molecule has 0 fully saturated rings. The van der Waals surface area contributed by atoms with Gasteiger partial charge < -0.3 is 9.67 Å². The van der Waals surface area contributed by atoms with Gasteiger partial charge in [0.05, 0.1) is 11.1 Å². The highest BCUT2D eigenvalue weighted by Crippen LogP contribution is 2.27. The molecule has 0 saturated heterocycles. The average molecular weight is 175 g/mol.